The summed E-state index contributed by atoms with van der Waals surface area (Å²) in [5.74, 6) is -0.739. The number of halogens is 3. The van der Waals surface area contributed by atoms with Crippen LogP contribution >= 0.6 is 0 Å². The van der Waals surface area contributed by atoms with Crippen LogP contribution in [0.2, 0.25) is 0 Å². The maximum Gasteiger partial charge on any atom is 0.416 e. The molecule has 1 unspecified atom stereocenters. The maximum absolute atomic E-state index is 12.8. The highest BCUT2D eigenvalue weighted by atomic mass is 19.4. The third kappa shape index (κ3) is 3.98. The van der Waals surface area contributed by atoms with Crippen LogP contribution in [0, 0.1) is 0 Å². The molecule has 0 saturated heterocycles. The molecule has 6 nitrogen and oxygen atoms in total. The van der Waals surface area contributed by atoms with Gasteiger partial charge in [-0.2, -0.15) is 18.2 Å². The molecule has 0 radical (unpaired) electrons. The van der Waals surface area contributed by atoms with Crippen molar-refractivity contribution in [1.82, 2.24) is 15.0 Å². The Morgan fingerprint density at radius 2 is 2.16 bits per heavy atom. The monoisotopic (exact) mass is 355 g/mol. The van der Waals surface area contributed by atoms with Crippen LogP contribution in [0.4, 0.5) is 13.2 Å². The summed E-state index contributed by atoms with van der Waals surface area (Å²) >= 11 is 0. The number of carboxylic acid groups (broad SMARTS) is 1. The lowest BCUT2D eigenvalue weighted by Crippen LogP contribution is -2.40. The topological polar surface area (TPSA) is 79.5 Å². The molecule has 1 atom stereocenters. The number of aliphatic carboxylic acids is 1. The molecule has 0 bridgehead atoms. The molecule has 1 aliphatic rings. The van der Waals surface area contributed by atoms with E-state index in [2.05, 4.69) is 10.1 Å². The van der Waals surface area contributed by atoms with Gasteiger partial charge in [0, 0.05) is 11.6 Å². The minimum Gasteiger partial charge on any atom is -0.480 e. The third-order valence-electron chi connectivity index (χ3n) is 4.10. The quantitative estimate of drug-likeness (QED) is 0.857. The zero-order valence-corrected chi connectivity index (χ0v) is 13.3. The Morgan fingerprint density at radius 3 is 2.76 bits per heavy atom. The highest BCUT2D eigenvalue weighted by molar-refractivity contribution is 5.73. The number of hydrogen-bond donors (Lipinski definition) is 1. The zero-order chi connectivity index (χ0) is 18.2. The summed E-state index contributed by atoms with van der Waals surface area (Å²) in [6.07, 6.45) is -2.67. The van der Waals surface area contributed by atoms with Crippen molar-refractivity contribution < 1.29 is 27.6 Å². The molecule has 1 heterocycles. The summed E-state index contributed by atoms with van der Waals surface area (Å²) in [5.41, 5.74) is -0.607. The lowest BCUT2D eigenvalue weighted by atomic mass is 10.1. The Kier molecular flexibility index (Phi) is 4.51. The number of carboxylic acids is 1. The highest BCUT2D eigenvalue weighted by Gasteiger charge is 2.36. The van der Waals surface area contributed by atoms with Gasteiger partial charge in [0.25, 0.3) is 0 Å². The molecule has 2 aromatic rings. The minimum atomic E-state index is -4.46. The molecule has 0 spiro atoms. The predicted molar refractivity (Wildman–Crippen MR) is 80.4 cm³/mol. The second kappa shape index (κ2) is 6.47. The molecule has 0 amide bonds. The van der Waals surface area contributed by atoms with E-state index in [1.54, 1.807) is 11.8 Å². The second-order valence-corrected chi connectivity index (χ2v) is 6.01. The molecule has 134 valence electrons. The van der Waals surface area contributed by atoms with Gasteiger partial charge in [-0.05, 0) is 31.9 Å². The van der Waals surface area contributed by atoms with E-state index in [0.29, 0.717) is 0 Å². The number of hydrogen-bond acceptors (Lipinski definition) is 5. The third-order valence-corrected chi connectivity index (χ3v) is 4.10. The first kappa shape index (κ1) is 17.4. The van der Waals surface area contributed by atoms with Crippen LogP contribution in [0.3, 0.4) is 0 Å². The zero-order valence-electron chi connectivity index (χ0n) is 13.3. The van der Waals surface area contributed by atoms with E-state index < -0.39 is 23.8 Å². The molecule has 1 aromatic carbocycles. The Balaban J connectivity index is 1.79. The van der Waals surface area contributed by atoms with Crippen LogP contribution in [-0.2, 0) is 17.5 Å². The molecular weight excluding hydrogens is 339 g/mol. The fourth-order valence-corrected chi connectivity index (χ4v) is 2.56. The number of benzene rings is 1. The van der Waals surface area contributed by atoms with Gasteiger partial charge in [0.05, 0.1) is 12.1 Å². The van der Waals surface area contributed by atoms with Gasteiger partial charge in [-0.25, -0.2) is 0 Å². The van der Waals surface area contributed by atoms with Crippen molar-refractivity contribution in [2.24, 2.45) is 0 Å². The number of aromatic nitrogens is 2. The summed E-state index contributed by atoms with van der Waals surface area (Å²) in [7, 11) is 0. The van der Waals surface area contributed by atoms with Crippen molar-refractivity contribution in [3.05, 3.63) is 35.7 Å². The van der Waals surface area contributed by atoms with Crippen molar-refractivity contribution >= 4 is 5.97 Å². The van der Waals surface area contributed by atoms with Crippen LogP contribution in [-0.4, -0.2) is 38.2 Å². The number of nitrogens with zero attached hydrogens (tertiary/aromatic N) is 3. The maximum atomic E-state index is 12.8. The Bertz CT molecular complexity index is 771. The highest BCUT2D eigenvalue weighted by Crippen LogP contribution is 2.32. The first-order valence-corrected chi connectivity index (χ1v) is 7.74. The summed E-state index contributed by atoms with van der Waals surface area (Å²) in [4.78, 5) is 17.1. The lowest BCUT2D eigenvalue weighted by Gasteiger charge is -2.24. The fraction of sp³-hybridized carbons (Fsp3) is 0.438. The summed E-state index contributed by atoms with van der Waals surface area (Å²) in [6, 6.07) is 4.09. The van der Waals surface area contributed by atoms with Gasteiger partial charge in [-0.3, -0.25) is 9.69 Å². The molecule has 9 heteroatoms. The summed E-state index contributed by atoms with van der Waals surface area (Å²) in [6.45, 7) is 1.72. The number of carbonyl (C=O) groups is 1. The first-order chi connectivity index (χ1) is 11.8. The van der Waals surface area contributed by atoms with Crippen molar-refractivity contribution in [3.8, 4) is 11.4 Å². The van der Waals surface area contributed by atoms with E-state index >= 15 is 0 Å². The van der Waals surface area contributed by atoms with E-state index in [1.807, 2.05) is 0 Å². The van der Waals surface area contributed by atoms with Gasteiger partial charge in [-0.1, -0.05) is 17.3 Å². The van der Waals surface area contributed by atoms with Crippen LogP contribution in [0.5, 0.6) is 0 Å². The van der Waals surface area contributed by atoms with Crippen LogP contribution in [0.25, 0.3) is 11.4 Å². The normalized spacial score (nSPS) is 16.2. The number of alkyl halides is 3. The molecule has 1 aliphatic carbocycles. The Morgan fingerprint density at radius 1 is 1.44 bits per heavy atom. The first-order valence-electron chi connectivity index (χ1n) is 7.74. The van der Waals surface area contributed by atoms with Gasteiger partial charge >= 0.3 is 12.1 Å². The number of rotatable bonds is 6. The van der Waals surface area contributed by atoms with Crippen LogP contribution in [0.15, 0.2) is 28.8 Å². The van der Waals surface area contributed by atoms with Gasteiger partial charge in [0.15, 0.2) is 0 Å². The van der Waals surface area contributed by atoms with Crippen LogP contribution < -0.4 is 0 Å². The summed E-state index contributed by atoms with van der Waals surface area (Å²) in [5, 5.41) is 12.9. The average Bonchev–Trinajstić information content (AvgIpc) is 3.29. The second-order valence-electron chi connectivity index (χ2n) is 6.01. The molecule has 1 fully saturated rings. The van der Waals surface area contributed by atoms with Gasteiger partial charge < -0.3 is 9.63 Å². The van der Waals surface area contributed by atoms with Crippen molar-refractivity contribution in [3.63, 3.8) is 0 Å². The van der Waals surface area contributed by atoms with E-state index in [1.165, 1.54) is 12.1 Å². The molecule has 3 rings (SSSR count). The SMILES string of the molecule is CC(C(=O)O)N(Cc1nc(-c2cccc(C(F)(F)F)c2)no1)C1CC1. The summed E-state index contributed by atoms with van der Waals surface area (Å²) < 4.78 is 43.5. The molecule has 0 aliphatic heterocycles. The molecule has 1 aromatic heterocycles. The lowest BCUT2D eigenvalue weighted by molar-refractivity contribution is -0.143. The van der Waals surface area contributed by atoms with E-state index in [4.69, 9.17) is 4.52 Å². The van der Waals surface area contributed by atoms with E-state index in [-0.39, 0.29) is 29.9 Å². The molecule has 25 heavy (non-hydrogen) atoms. The van der Waals surface area contributed by atoms with Crippen molar-refractivity contribution in [2.75, 3.05) is 0 Å². The fourth-order valence-electron chi connectivity index (χ4n) is 2.56. The average molecular weight is 355 g/mol. The molecule has 1 N–H and O–H groups in total. The smallest absolute Gasteiger partial charge is 0.416 e. The Hall–Kier alpha value is -2.42. The molecule has 1 saturated carbocycles. The van der Waals surface area contributed by atoms with Crippen LogP contribution in [0.1, 0.15) is 31.2 Å². The Labute approximate surface area is 141 Å². The largest absolute Gasteiger partial charge is 0.480 e. The van der Waals surface area contributed by atoms with Crippen molar-refractivity contribution in [2.45, 2.75) is 44.6 Å². The van der Waals surface area contributed by atoms with Crippen molar-refractivity contribution in [1.29, 1.82) is 0 Å². The minimum absolute atomic E-state index is 0.0415. The predicted octanol–water partition coefficient (Wildman–Crippen LogP) is 3.19. The van der Waals surface area contributed by atoms with E-state index in [0.717, 1.165) is 25.0 Å². The van der Waals surface area contributed by atoms with E-state index in [9.17, 15) is 23.1 Å². The standard InChI is InChI=1S/C16H16F3N3O3/c1-9(15(23)24)22(12-5-6-12)8-13-20-14(21-25-13)10-3-2-4-11(7-10)16(17,18)19/h2-4,7,9,12H,5-6,8H2,1H3,(H,23,24). The van der Waals surface area contributed by atoms with Gasteiger partial charge in [-0.15, -0.1) is 0 Å². The van der Waals surface area contributed by atoms with Gasteiger partial charge in [0.1, 0.15) is 6.04 Å². The molecular formula is C16H16F3N3O3. The van der Waals surface area contributed by atoms with Gasteiger partial charge in [0.2, 0.25) is 11.7 Å².